The fourth-order valence-electron chi connectivity index (χ4n) is 17.0. The minimum Gasteiger partial charge on any atom is -0.382 e. The average Bonchev–Trinajstić information content (AvgIpc) is 1.92. The molecule has 9 atom stereocenters. The maximum atomic E-state index is 15.2. The molecule has 0 spiro atoms. The summed E-state index contributed by atoms with van der Waals surface area (Å²) in [5.74, 6) is -1.14. The number of benzene rings is 6. The summed E-state index contributed by atoms with van der Waals surface area (Å²) in [5, 5.41) is 2.63. The highest BCUT2D eigenvalue weighted by Crippen LogP contribution is 2.51. The summed E-state index contributed by atoms with van der Waals surface area (Å²) in [7, 11) is 4.70. The van der Waals surface area contributed by atoms with Crippen molar-refractivity contribution in [3.8, 4) is 33.4 Å². The highest BCUT2D eigenvalue weighted by molar-refractivity contribution is 8.00. The van der Waals surface area contributed by atoms with Crippen LogP contribution >= 0.6 is 81.7 Å². The van der Waals surface area contributed by atoms with Gasteiger partial charge < -0.3 is 57.8 Å². The van der Waals surface area contributed by atoms with E-state index in [4.69, 9.17) is 74.8 Å². The van der Waals surface area contributed by atoms with Gasteiger partial charge in [0.05, 0.1) is 101 Å². The molecule has 15 rings (SSSR count). The van der Waals surface area contributed by atoms with Gasteiger partial charge in [-0.2, -0.15) is 15.0 Å². The quantitative estimate of drug-likeness (QED) is 0.0227. The number of hydrogen-bond acceptors (Lipinski definition) is 21. The van der Waals surface area contributed by atoms with Crippen molar-refractivity contribution in [2.75, 3.05) is 126 Å². The first-order valence-electron chi connectivity index (χ1n) is 39.4. The Kier molecular flexibility index (Phi) is 29.3. The first-order chi connectivity index (χ1) is 58.4. The normalized spacial score (nSPS) is 20.9. The molecule has 122 heavy (non-hydrogen) atoms. The SMILES string of the molecule is C=CC(=O)N1[C@H](C)CN(c2nc(=O)n3c4c(c(-c5cc(Cl)c(F)cc5F)c(Cl)cc24)SCC(OCOC)C3)C[C@@H]1C.C=CC(=O)N1[C@H](C)CN(c2nc(=O)n3c4c(c(-c5ccc(F)cc5)c(Cl)cc24)SCC(OCCOC)C3)C[C@@H]1C.C=CC(=O)N1[C@H](C)CN(c2nc(=O)n3c4c(c(-c5ccc(F)cc5F)c(Cl)cc24)SCC(OCCOC)C3)C[C@@H]1C. The zero-order chi connectivity index (χ0) is 87.6. The van der Waals surface area contributed by atoms with Gasteiger partial charge in [0.1, 0.15) is 53.3 Å². The van der Waals surface area contributed by atoms with E-state index in [1.165, 1.54) is 83.8 Å². The Morgan fingerprint density at radius 1 is 0.418 bits per heavy atom. The number of aromatic nitrogens is 6. The highest BCUT2D eigenvalue weighted by Gasteiger charge is 2.40. The van der Waals surface area contributed by atoms with E-state index >= 15 is 8.78 Å². The number of carbonyl (C=O) groups is 3. The molecule has 3 amide bonds. The molecule has 3 aromatic heterocycles. The highest BCUT2D eigenvalue weighted by atomic mass is 35.5. The van der Waals surface area contributed by atoms with Crippen LogP contribution in [0.4, 0.5) is 39.4 Å². The number of thioether (sulfide) groups is 3. The third-order valence-corrected chi connectivity index (χ3v) is 27.0. The van der Waals surface area contributed by atoms with Crippen molar-refractivity contribution in [3.63, 3.8) is 0 Å². The molecule has 0 radical (unpaired) electrons. The van der Waals surface area contributed by atoms with E-state index in [0.717, 1.165) is 33.0 Å². The van der Waals surface area contributed by atoms with Gasteiger partial charge >= 0.3 is 17.1 Å². The lowest BCUT2D eigenvalue weighted by Gasteiger charge is -2.44. The van der Waals surface area contributed by atoms with Crippen LogP contribution in [0.15, 0.2) is 140 Å². The molecule has 6 aromatic carbocycles. The number of nitrogens with zero attached hydrogens (tertiary/aromatic N) is 12. The van der Waals surface area contributed by atoms with Crippen LogP contribution in [0.5, 0.6) is 0 Å². The van der Waals surface area contributed by atoms with Gasteiger partial charge in [-0.1, -0.05) is 78.3 Å². The minimum absolute atomic E-state index is 0.0122. The fourth-order valence-corrected chi connectivity index (χ4v) is 22.1. The Balaban J connectivity index is 0.000000158. The van der Waals surface area contributed by atoms with Crippen molar-refractivity contribution in [1.29, 1.82) is 0 Å². The van der Waals surface area contributed by atoms with E-state index in [1.54, 1.807) is 69.2 Å². The topological polar surface area (TPSA) is 231 Å². The second-order valence-electron chi connectivity index (χ2n) is 30.5. The molecular formula is C86H91Cl4F5N12O12S3. The molecule has 6 aliphatic heterocycles. The number of anilines is 3. The molecule has 9 aromatic rings. The number of halogens is 9. The first kappa shape index (κ1) is 91.1. The van der Waals surface area contributed by atoms with Gasteiger partial charge in [-0.25, -0.2) is 36.3 Å². The van der Waals surface area contributed by atoms with Gasteiger partial charge in [0, 0.05) is 185 Å². The number of ether oxygens (including phenoxy) is 6. The molecule has 648 valence electrons. The van der Waals surface area contributed by atoms with Crippen LogP contribution in [0.1, 0.15) is 41.5 Å². The molecule has 3 unspecified atom stereocenters. The Morgan fingerprint density at radius 2 is 0.762 bits per heavy atom. The second kappa shape index (κ2) is 39.3. The van der Waals surface area contributed by atoms with Crippen molar-refractivity contribution in [3.05, 3.63) is 191 Å². The van der Waals surface area contributed by atoms with Gasteiger partial charge in [0.15, 0.2) is 0 Å². The van der Waals surface area contributed by atoms with E-state index in [-0.39, 0.29) is 124 Å². The summed E-state index contributed by atoms with van der Waals surface area (Å²) in [6.07, 6.45) is 2.89. The Bertz CT molecular complexity index is 5730. The smallest absolute Gasteiger partial charge is 0.350 e. The molecule has 0 bridgehead atoms. The summed E-state index contributed by atoms with van der Waals surface area (Å²) < 4.78 is 110. The van der Waals surface area contributed by atoms with Crippen LogP contribution in [0.2, 0.25) is 20.1 Å². The number of carbonyl (C=O) groups excluding carboxylic acids is 3. The van der Waals surface area contributed by atoms with Crippen molar-refractivity contribution in [2.45, 2.75) is 130 Å². The van der Waals surface area contributed by atoms with Gasteiger partial charge in [0.2, 0.25) is 17.7 Å². The standard InChI is InChI=1S/C29H31ClF2N4O4S.C29H32ClFN4O4S.C28H28Cl2F2N4O4S/c1-5-24(37)36-16(2)12-34(13-17(36)3)28-21-11-22(30)25(20-7-6-18(31)10-23(20)32)27-26(21)35(29(38)33-28)14-19(15-41-27)40-9-8-39-4;1-5-24(36)35-17(2)13-33(14-18(35)3)28-22-12-23(30)25(19-6-8-20(31)9-7-19)27-26(22)34(29(37)32-28)15-21(16-40-27)39-11-10-38-4;1-5-23(37)36-14(2)9-34(10-15(36)3)27-18-7-20(30)24(17-6-19(29)22(32)8-21(17)31)26-25(18)35(28(38)33-27)11-16(12-41-26)40-13-39-4/h5-7,10-11,16-17,19H,1,8-9,12-15H2,2-4H3;5-9,12,17-18,21H,1,10-11,13-16H2,2-4H3;5-8,14-16H,1,9-13H2,2-4H3/t16-,17+,19?;17-,18+,21?;14-,15+,16?. The van der Waals surface area contributed by atoms with Crippen LogP contribution in [-0.2, 0) is 62.4 Å². The lowest BCUT2D eigenvalue weighted by Crippen LogP contribution is -2.58. The van der Waals surface area contributed by atoms with E-state index < -0.39 is 40.8 Å². The molecule has 24 nitrogen and oxygen atoms in total. The fraction of sp³-hybridized carbons (Fsp3) is 0.407. The summed E-state index contributed by atoms with van der Waals surface area (Å²) in [6.45, 7) is 27.6. The minimum atomic E-state index is -0.892. The maximum Gasteiger partial charge on any atom is 0.350 e. The molecule has 3 fully saturated rings. The van der Waals surface area contributed by atoms with Crippen molar-refractivity contribution < 1.29 is 64.8 Å². The summed E-state index contributed by atoms with van der Waals surface area (Å²) in [5.41, 5.74) is 2.75. The van der Waals surface area contributed by atoms with Gasteiger partial charge in [-0.15, -0.1) is 35.3 Å². The number of methoxy groups -OCH3 is 3. The summed E-state index contributed by atoms with van der Waals surface area (Å²) in [4.78, 5) is 105. The average molecular weight is 1820 g/mol. The Hall–Kier alpha value is -8.61. The van der Waals surface area contributed by atoms with E-state index in [9.17, 15) is 41.9 Å². The van der Waals surface area contributed by atoms with Crippen molar-refractivity contribution in [1.82, 2.24) is 43.4 Å². The van der Waals surface area contributed by atoms with Crippen molar-refractivity contribution >= 4 is 150 Å². The molecule has 36 heteroatoms. The van der Waals surface area contributed by atoms with E-state index in [1.807, 2.05) is 62.3 Å². The number of rotatable bonds is 20. The predicted octanol–water partition coefficient (Wildman–Crippen LogP) is 14.7. The second-order valence-corrected chi connectivity index (χ2v) is 35.2. The lowest BCUT2D eigenvalue weighted by atomic mass is 10.0. The van der Waals surface area contributed by atoms with Gasteiger partial charge in [-0.3, -0.25) is 28.1 Å². The van der Waals surface area contributed by atoms with Crippen LogP contribution in [-0.4, -0.2) is 227 Å². The lowest BCUT2D eigenvalue weighted by molar-refractivity contribution is -0.131. The zero-order valence-corrected chi connectivity index (χ0v) is 73.9. The van der Waals surface area contributed by atoms with E-state index in [0.29, 0.717) is 161 Å². The van der Waals surface area contributed by atoms with Gasteiger partial charge in [-0.05, 0) is 114 Å². The van der Waals surface area contributed by atoms with Crippen molar-refractivity contribution in [2.24, 2.45) is 0 Å². The third kappa shape index (κ3) is 18.7. The largest absolute Gasteiger partial charge is 0.382 e. The van der Waals surface area contributed by atoms with E-state index in [2.05, 4.69) is 39.6 Å². The number of piperazine rings is 3. The van der Waals surface area contributed by atoms with Crippen LogP contribution in [0.25, 0.3) is 66.1 Å². The molecule has 0 aliphatic carbocycles. The Morgan fingerprint density at radius 3 is 1.12 bits per heavy atom. The zero-order valence-electron chi connectivity index (χ0n) is 68.4. The third-order valence-electron chi connectivity index (χ3n) is 22.1. The van der Waals surface area contributed by atoms with Crippen LogP contribution in [0, 0.1) is 29.1 Å². The van der Waals surface area contributed by atoms with Crippen LogP contribution < -0.4 is 31.8 Å². The molecule has 6 aliphatic rings. The summed E-state index contributed by atoms with van der Waals surface area (Å²) in [6, 6.07) is 15.7. The number of amides is 3. The number of hydrogen-bond donors (Lipinski definition) is 0. The predicted molar refractivity (Wildman–Crippen MR) is 471 cm³/mol. The first-order valence-corrected chi connectivity index (χ1v) is 43.9. The summed E-state index contributed by atoms with van der Waals surface area (Å²) >= 11 is 31.1. The Labute approximate surface area is 733 Å². The molecular weight excluding hydrogens is 1730 g/mol. The van der Waals surface area contributed by atoms with Gasteiger partial charge in [0.25, 0.3) is 0 Å². The molecule has 0 saturated carbocycles. The monoisotopic (exact) mass is 1810 g/mol. The molecule has 9 heterocycles. The molecule has 0 N–H and O–H groups in total. The molecule has 3 saturated heterocycles. The van der Waals surface area contributed by atoms with Crippen LogP contribution in [0.3, 0.4) is 0 Å². The maximum absolute atomic E-state index is 15.2.